The van der Waals surface area contributed by atoms with Crippen LogP contribution in [0, 0.1) is 0 Å². The second-order valence-electron chi connectivity index (χ2n) is 4.67. The summed E-state index contributed by atoms with van der Waals surface area (Å²) in [6.07, 6.45) is 1.50. The molecule has 5 N–H and O–H groups in total. The van der Waals surface area contributed by atoms with Crippen LogP contribution in [0.5, 0.6) is 11.6 Å². The Balaban J connectivity index is 1.85. The third kappa shape index (κ3) is 3.09. The van der Waals surface area contributed by atoms with Gasteiger partial charge in [-0.2, -0.15) is 5.10 Å². The molecule has 1 amide bonds. The molecule has 0 atom stereocenters. The van der Waals surface area contributed by atoms with Gasteiger partial charge in [0.2, 0.25) is 5.88 Å². The summed E-state index contributed by atoms with van der Waals surface area (Å²) in [5.41, 5.74) is 12.2. The van der Waals surface area contributed by atoms with Gasteiger partial charge in [0.05, 0.1) is 5.02 Å². The fourth-order valence-electron chi connectivity index (χ4n) is 2.04. The number of nitrogens with one attached hydrogen (secondary N) is 1. The molecular weight excluding hydrogens is 318 g/mol. The van der Waals surface area contributed by atoms with Gasteiger partial charge in [0.15, 0.2) is 0 Å². The van der Waals surface area contributed by atoms with E-state index in [1.807, 2.05) is 0 Å². The Kier molecular flexibility index (Phi) is 3.86. The van der Waals surface area contributed by atoms with Crippen LogP contribution in [0.15, 0.2) is 42.6 Å². The molecule has 0 bridgehead atoms. The molecule has 0 radical (unpaired) electrons. The number of halogens is 1. The first-order valence-electron chi connectivity index (χ1n) is 6.58. The Morgan fingerprint density at radius 1 is 1.17 bits per heavy atom. The molecule has 23 heavy (non-hydrogen) atoms. The Hall–Kier alpha value is -3.06. The number of nitrogens with two attached hydrogens (primary N) is 2. The Labute approximate surface area is 136 Å². The molecule has 0 aliphatic rings. The Bertz CT molecular complexity index is 843. The highest BCUT2D eigenvalue weighted by molar-refractivity contribution is 6.30. The zero-order valence-electron chi connectivity index (χ0n) is 11.8. The fraction of sp³-hybridized carbons (Fsp3) is 0. The molecule has 3 aromatic rings. The van der Waals surface area contributed by atoms with Crippen molar-refractivity contribution in [3.05, 3.63) is 53.2 Å². The van der Waals surface area contributed by atoms with Gasteiger partial charge in [0.25, 0.3) is 5.91 Å². The number of nitrogen functional groups attached to an aromatic ring is 1. The first-order chi connectivity index (χ1) is 11.0. The van der Waals surface area contributed by atoms with Crippen molar-refractivity contribution in [2.75, 3.05) is 5.73 Å². The number of pyridine rings is 1. The summed E-state index contributed by atoms with van der Waals surface area (Å²) in [6, 6.07) is 10.3. The molecule has 0 aliphatic carbocycles. The molecule has 0 saturated carbocycles. The van der Waals surface area contributed by atoms with E-state index in [-0.39, 0.29) is 11.4 Å². The zero-order chi connectivity index (χ0) is 16.4. The highest BCUT2D eigenvalue weighted by Gasteiger charge is 2.17. The molecule has 0 fully saturated rings. The number of aromatic amines is 1. The minimum absolute atomic E-state index is 0.137. The van der Waals surface area contributed by atoms with E-state index in [0.717, 1.165) is 0 Å². The summed E-state index contributed by atoms with van der Waals surface area (Å²) in [5, 5.41) is 7.09. The molecular formula is C15H12ClN5O2. The van der Waals surface area contributed by atoms with E-state index in [1.54, 1.807) is 36.4 Å². The van der Waals surface area contributed by atoms with Gasteiger partial charge >= 0.3 is 0 Å². The average Bonchev–Trinajstić information content (AvgIpc) is 2.92. The molecule has 3 rings (SSSR count). The first-order valence-corrected chi connectivity index (χ1v) is 6.96. The van der Waals surface area contributed by atoms with Crippen molar-refractivity contribution >= 4 is 23.3 Å². The van der Waals surface area contributed by atoms with Crippen LogP contribution in [-0.2, 0) is 0 Å². The molecule has 2 aromatic heterocycles. The predicted molar refractivity (Wildman–Crippen MR) is 86.3 cm³/mol. The standard InChI is InChI=1S/C15H12ClN5O2/c16-9-3-6-11(19-7-9)23-10-4-1-8(2-5-10)13-12(15(18)22)14(17)21-20-13/h1-7H,(H2,18,22)(H3,17,20,21). The second-order valence-corrected chi connectivity index (χ2v) is 5.10. The largest absolute Gasteiger partial charge is 0.439 e. The molecule has 0 aliphatic heterocycles. The molecule has 0 saturated heterocycles. The number of carbonyl (C=O) groups is 1. The fourth-order valence-corrected chi connectivity index (χ4v) is 2.15. The number of carbonyl (C=O) groups excluding carboxylic acids is 1. The lowest BCUT2D eigenvalue weighted by Crippen LogP contribution is -2.13. The second kappa shape index (κ2) is 5.98. The normalized spacial score (nSPS) is 10.5. The number of ether oxygens (including phenoxy) is 1. The van der Waals surface area contributed by atoms with E-state index in [2.05, 4.69) is 15.2 Å². The molecule has 2 heterocycles. The number of hydrogen-bond donors (Lipinski definition) is 3. The van der Waals surface area contributed by atoms with Crippen LogP contribution in [0.1, 0.15) is 10.4 Å². The lowest BCUT2D eigenvalue weighted by Gasteiger charge is -2.06. The Morgan fingerprint density at radius 3 is 2.52 bits per heavy atom. The highest BCUT2D eigenvalue weighted by atomic mass is 35.5. The number of aromatic nitrogens is 3. The van der Waals surface area contributed by atoms with E-state index >= 15 is 0 Å². The van der Waals surface area contributed by atoms with Crippen LogP contribution in [0.25, 0.3) is 11.3 Å². The van der Waals surface area contributed by atoms with Crippen molar-refractivity contribution in [3.63, 3.8) is 0 Å². The SMILES string of the molecule is NC(=O)c1c(-c2ccc(Oc3ccc(Cl)cn3)cc2)n[nH]c1N. The van der Waals surface area contributed by atoms with Gasteiger partial charge in [-0.25, -0.2) is 4.98 Å². The maximum Gasteiger partial charge on any atom is 0.254 e. The monoisotopic (exact) mass is 329 g/mol. The molecule has 0 spiro atoms. The molecule has 7 nitrogen and oxygen atoms in total. The van der Waals surface area contributed by atoms with Crippen LogP contribution in [0.2, 0.25) is 5.02 Å². The van der Waals surface area contributed by atoms with Gasteiger partial charge < -0.3 is 16.2 Å². The quantitative estimate of drug-likeness (QED) is 0.679. The van der Waals surface area contributed by atoms with Crippen LogP contribution in [0.4, 0.5) is 5.82 Å². The molecule has 1 aromatic carbocycles. The van der Waals surface area contributed by atoms with Crippen LogP contribution < -0.4 is 16.2 Å². The van der Waals surface area contributed by atoms with E-state index in [4.69, 9.17) is 27.8 Å². The first kappa shape index (κ1) is 14.9. The minimum atomic E-state index is -0.642. The van der Waals surface area contributed by atoms with Gasteiger partial charge in [-0.15, -0.1) is 0 Å². The molecule has 8 heteroatoms. The number of benzene rings is 1. The maximum absolute atomic E-state index is 11.5. The maximum atomic E-state index is 11.5. The summed E-state index contributed by atoms with van der Waals surface area (Å²) in [6.45, 7) is 0. The third-order valence-electron chi connectivity index (χ3n) is 3.09. The van der Waals surface area contributed by atoms with Gasteiger partial charge in [-0.3, -0.25) is 9.89 Å². The van der Waals surface area contributed by atoms with Crippen molar-refractivity contribution in [1.82, 2.24) is 15.2 Å². The van der Waals surface area contributed by atoms with Crippen molar-refractivity contribution in [2.24, 2.45) is 5.73 Å². The van der Waals surface area contributed by atoms with Gasteiger partial charge in [0, 0.05) is 17.8 Å². The number of primary amides is 1. The topological polar surface area (TPSA) is 120 Å². The van der Waals surface area contributed by atoms with Crippen LogP contribution in [0.3, 0.4) is 0 Å². The number of H-pyrrole nitrogens is 1. The number of rotatable bonds is 4. The van der Waals surface area contributed by atoms with E-state index in [0.29, 0.717) is 27.9 Å². The van der Waals surface area contributed by atoms with Gasteiger partial charge in [0.1, 0.15) is 22.8 Å². The number of anilines is 1. The predicted octanol–water partition coefficient (Wildman–Crippen LogP) is 2.60. The number of nitrogens with zero attached hydrogens (tertiary/aromatic N) is 2. The lowest BCUT2D eigenvalue weighted by atomic mass is 10.1. The van der Waals surface area contributed by atoms with Crippen molar-refractivity contribution < 1.29 is 9.53 Å². The summed E-state index contributed by atoms with van der Waals surface area (Å²) >= 11 is 5.77. The van der Waals surface area contributed by atoms with Crippen LogP contribution in [-0.4, -0.2) is 21.1 Å². The van der Waals surface area contributed by atoms with Crippen molar-refractivity contribution in [2.45, 2.75) is 0 Å². The van der Waals surface area contributed by atoms with Crippen molar-refractivity contribution in [3.8, 4) is 22.9 Å². The number of amides is 1. The zero-order valence-corrected chi connectivity index (χ0v) is 12.5. The number of hydrogen-bond acceptors (Lipinski definition) is 5. The lowest BCUT2D eigenvalue weighted by molar-refractivity contribution is 0.100. The summed E-state index contributed by atoms with van der Waals surface area (Å²) in [5.74, 6) is 0.492. The average molecular weight is 330 g/mol. The van der Waals surface area contributed by atoms with E-state index in [9.17, 15) is 4.79 Å². The third-order valence-corrected chi connectivity index (χ3v) is 3.31. The molecule has 116 valence electrons. The summed E-state index contributed by atoms with van der Waals surface area (Å²) < 4.78 is 5.59. The van der Waals surface area contributed by atoms with Crippen LogP contribution >= 0.6 is 11.6 Å². The summed E-state index contributed by atoms with van der Waals surface area (Å²) in [7, 11) is 0. The van der Waals surface area contributed by atoms with Crippen molar-refractivity contribution in [1.29, 1.82) is 0 Å². The highest BCUT2D eigenvalue weighted by Crippen LogP contribution is 2.28. The van der Waals surface area contributed by atoms with Gasteiger partial charge in [-0.05, 0) is 30.3 Å². The summed E-state index contributed by atoms with van der Waals surface area (Å²) in [4.78, 5) is 15.5. The minimum Gasteiger partial charge on any atom is -0.439 e. The molecule has 0 unspecified atom stereocenters. The Morgan fingerprint density at radius 2 is 1.91 bits per heavy atom. The van der Waals surface area contributed by atoms with Gasteiger partial charge in [-0.1, -0.05) is 11.6 Å². The van der Waals surface area contributed by atoms with E-state index < -0.39 is 5.91 Å². The van der Waals surface area contributed by atoms with E-state index in [1.165, 1.54) is 6.20 Å². The smallest absolute Gasteiger partial charge is 0.254 e.